The Hall–Kier alpha value is -1.48. The Morgan fingerprint density at radius 1 is 1.22 bits per heavy atom. The molecule has 2 nitrogen and oxygen atoms in total. The molecule has 92 valence electrons. The van der Waals surface area contributed by atoms with Crippen LogP contribution in [0.3, 0.4) is 0 Å². The number of allylic oxidation sites excluding steroid dienone is 3. The Morgan fingerprint density at radius 3 is 2.72 bits per heavy atom. The summed E-state index contributed by atoms with van der Waals surface area (Å²) in [5.74, 6) is -0.454. The summed E-state index contributed by atoms with van der Waals surface area (Å²) in [5, 5.41) is 9.16. The largest absolute Gasteiger partial charge is 0.481 e. The summed E-state index contributed by atoms with van der Waals surface area (Å²) in [6.07, 6.45) is 7.00. The number of carbonyl (C=O) groups is 1. The summed E-state index contributed by atoms with van der Waals surface area (Å²) in [6.45, 7) is 0. The van der Waals surface area contributed by atoms with Crippen LogP contribution in [-0.2, 0) is 4.79 Å². The monoisotopic (exact) mass is 258 g/mol. The van der Waals surface area contributed by atoms with Crippen LogP contribution in [0.15, 0.2) is 58.4 Å². The Balaban J connectivity index is 1.72. The number of benzene rings is 1. The molecule has 0 saturated carbocycles. The number of fused-ring (bicyclic) bond motifs is 1. The molecule has 0 aromatic heterocycles. The summed E-state index contributed by atoms with van der Waals surface area (Å²) in [7, 11) is 0. The predicted molar refractivity (Wildman–Crippen MR) is 72.2 cm³/mol. The zero-order chi connectivity index (χ0) is 12.5. The molecule has 0 fully saturated rings. The van der Waals surface area contributed by atoms with E-state index in [2.05, 4.69) is 18.2 Å². The van der Waals surface area contributed by atoms with Crippen molar-refractivity contribution in [3.63, 3.8) is 0 Å². The van der Waals surface area contributed by atoms with Gasteiger partial charge in [0.25, 0.3) is 0 Å². The lowest BCUT2D eigenvalue weighted by molar-refractivity contribution is -0.141. The highest BCUT2D eigenvalue weighted by atomic mass is 32.2. The van der Waals surface area contributed by atoms with E-state index in [0.717, 1.165) is 6.42 Å². The molecule has 0 spiro atoms. The van der Waals surface area contributed by atoms with Crippen LogP contribution in [0.5, 0.6) is 0 Å². The second kappa shape index (κ2) is 4.65. The van der Waals surface area contributed by atoms with Crippen molar-refractivity contribution >= 4 is 17.7 Å². The molecule has 1 aromatic rings. The molecule has 3 atom stereocenters. The van der Waals surface area contributed by atoms with Gasteiger partial charge in [-0.05, 0) is 29.4 Å². The van der Waals surface area contributed by atoms with Crippen molar-refractivity contribution < 1.29 is 9.90 Å². The lowest BCUT2D eigenvalue weighted by atomic mass is 9.90. The molecule has 0 heterocycles. The summed E-state index contributed by atoms with van der Waals surface area (Å²) < 4.78 is 0. The molecule has 0 bridgehead atoms. The minimum atomic E-state index is -0.696. The van der Waals surface area contributed by atoms with Crippen LogP contribution >= 0.6 is 11.8 Å². The zero-order valence-corrected chi connectivity index (χ0v) is 10.6. The number of carboxylic acids is 1. The highest BCUT2D eigenvalue weighted by Gasteiger charge is 2.39. The number of aliphatic carboxylic acids is 1. The van der Waals surface area contributed by atoms with Crippen molar-refractivity contribution in [2.45, 2.75) is 11.3 Å². The third kappa shape index (κ3) is 2.10. The van der Waals surface area contributed by atoms with Crippen molar-refractivity contribution in [2.75, 3.05) is 0 Å². The van der Waals surface area contributed by atoms with Crippen LogP contribution in [0.1, 0.15) is 6.42 Å². The topological polar surface area (TPSA) is 37.3 Å². The maximum absolute atomic E-state index is 11.1. The lowest BCUT2D eigenvalue weighted by Gasteiger charge is -2.14. The molecule has 1 N–H and O–H groups in total. The van der Waals surface area contributed by atoms with Gasteiger partial charge in [0.2, 0.25) is 0 Å². The Labute approximate surface area is 110 Å². The molecular formula is C15H14O2S. The molecule has 0 amide bonds. The minimum absolute atomic E-state index is 0.230. The molecular weight excluding hydrogens is 244 g/mol. The van der Waals surface area contributed by atoms with Gasteiger partial charge in [0.1, 0.15) is 0 Å². The van der Waals surface area contributed by atoms with Gasteiger partial charge in [0.15, 0.2) is 0 Å². The molecule has 3 rings (SSSR count). The summed E-state index contributed by atoms with van der Waals surface area (Å²) >= 11 is 1.76. The average Bonchev–Trinajstić information content (AvgIpc) is 2.89. The van der Waals surface area contributed by atoms with E-state index < -0.39 is 5.97 Å². The molecule has 1 aromatic carbocycles. The highest BCUT2D eigenvalue weighted by molar-refractivity contribution is 8.03. The summed E-state index contributed by atoms with van der Waals surface area (Å²) in [6, 6.07) is 10.2. The van der Waals surface area contributed by atoms with E-state index in [-0.39, 0.29) is 11.8 Å². The van der Waals surface area contributed by atoms with E-state index in [1.54, 1.807) is 11.8 Å². The van der Waals surface area contributed by atoms with Gasteiger partial charge in [-0.15, -0.1) is 0 Å². The van der Waals surface area contributed by atoms with Gasteiger partial charge in [0, 0.05) is 10.8 Å². The normalized spacial score (nSPS) is 29.1. The Bertz CT molecular complexity index is 519. The van der Waals surface area contributed by atoms with Gasteiger partial charge in [-0.25, -0.2) is 0 Å². The van der Waals surface area contributed by atoms with Crippen LogP contribution in [0, 0.1) is 17.8 Å². The van der Waals surface area contributed by atoms with Crippen molar-refractivity contribution in [2.24, 2.45) is 17.8 Å². The SMILES string of the molecule is O=C(O)C1C=C[C@@H]2C=C(Sc3ccccc3)C[C@H]12. The van der Waals surface area contributed by atoms with Crippen molar-refractivity contribution in [3.8, 4) is 0 Å². The first kappa shape index (κ1) is 11.6. The third-order valence-electron chi connectivity index (χ3n) is 3.59. The number of hydrogen-bond donors (Lipinski definition) is 1. The molecule has 1 unspecified atom stereocenters. The van der Waals surface area contributed by atoms with Crippen LogP contribution in [-0.4, -0.2) is 11.1 Å². The fourth-order valence-electron chi connectivity index (χ4n) is 2.71. The number of hydrogen-bond acceptors (Lipinski definition) is 2. The van der Waals surface area contributed by atoms with E-state index in [1.165, 1.54) is 9.80 Å². The zero-order valence-electron chi connectivity index (χ0n) is 9.82. The quantitative estimate of drug-likeness (QED) is 0.842. The van der Waals surface area contributed by atoms with E-state index in [0.29, 0.717) is 5.92 Å². The van der Waals surface area contributed by atoms with Crippen molar-refractivity contribution in [1.29, 1.82) is 0 Å². The van der Waals surface area contributed by atoms with E-state index in [1.807, 2.05) is 30.4 Å². The van der Waals surface area contributed by atoms with Gasteiger partial charge < -0.3 is 5.11 Å². The van der Waals surface area contributed by atoms with Crippen LogP contribution in [0.25, 0.3) is 0 Å². The molecule has 2 aliphatic carbocycles. The fraction of sp³-hybridized carbons (Fsp3) is 0.267. The molecule has 0 radical (unpaired) electrons. The molecule has 18 heavy (non-hydrogen) atoms. The number of carboxylic acid groups (broad SMARTS) is 1. The maximum Gasteiger partial charge on any atom is 0.310 e. The predicted octanol–water partition coefficient (Wildman–Crippen LogP) is 3.57. The summed E-state index contributed by atoms with van der Waals surface area (Å²) in [4.78, 5) is 13.6. The lowest BCUT2D eigenvalue weighted by Crippen LogP contribution is -2.19. The highest BCUT2D eigenvalue weighted by Crippen LogP contribution is 2.47. The third-order valence-corrected chi connectivity index (χ3v) is 4.66. The Kier molecular flexibility index (Phi) is 3.00. The first-order chi connectivity index (χ1) is 8.74. The van der Waals surface area contributed by atoms with Crippen molar-refractivity contribution in [1.82, 2.24) is 0 Å². The first-order valence-corrected chi connectivity index (χ1v) is 6.90. The standard InChI is InChI=1S/C15H14O2S/c16-15(17)13-7-6-10-8-12(9-14(10)13)18-11-4-2-1-3-5-11/h1-8,10,13-14H,9H2,(H,16,17)/t10-,13?,14+/m1/s1. The van der Waals surface area contributed by atoms with Gasteiger partial charge >= 0.3 is 5.97 Å². The maximum atomic E-state index is 11.1. The summed E-state index contributed by atoms with van der Waals surface area (Å²) in [5.41, 5.74) is 0. The van der Waals surface area contributed by atoms with Gasteiger partial charge in [0.05, 0.1) is 5.92 Å². The van der Waals surface area contributed by atoms with Gasteiger partial charge in [-0.3, -0.25) is 4.79 Å². The van der Waals surface area contributed by atoms with Gasteiger partial charge in [-0.2, -0.15) is 0 Å². The molecule has 2 aliphatic rings. The number of rotatable bonds is 3. The van der Waals surface area contributed by atoms with Crippen molar-refractivity contribution in [3.05, 3.63) is 53.5 Å². The smallest absolute Gasteiger partial charge is 0.310 e. The van der Waals surface area contributed by atoms with Crippen LogP contribution in [0.2, 0.25) is 0 Å². The van der Waals surface area contributed by atoms with Crippen LogP contribution in [0.4, 0.5) is 0 Å². The van der Waals surface area contributed by atoms with E-state index in [4.69, 9.17) is 5.11 Å². The first-order valence-electron chi connectivity index (χ1n) is 6.09. The molecule has 0 saturated heterocycles. The van der Waals surface area contributed by atoms with Gasteiger partial charge in [-0.1, -0.05) is 48.2 Å². The van der Waals surface area contributed by atoms with E-state index in [9.17, 15) is 4.79 Å². The Morgan fingerprint density at radius 2 is 2.00 bits per heavy atom. The number of thioether (sulfide) groups is 1. The second-order valence-electron chi connectivity index (χ2n) is 4.74. The minimum Gasteiger partial charge on any atom is -0.481 e. The molecule has 0 aliphatic heterocycles. The van der Waals surface area contributed by atoms with E-state index >= 15 is 0 Å². The molecule has 3 heteroatoms. The fourth-order valence-corrected chi connectivity index (χ4v) is 3.81. The average molecular weight is 258 g/mol. The second-order valence-corrected chi connectivity index (χ2v) is 5.94. The van der Waals surface area contributed by atoms with Crippen LogP contribution < -0.4 is 0 Å².